The maximum Gasteiger partial charge on any atom is 0.409 e. The monoisotopic (exact) mass is 1190 g/mol. The third kappa shape index (κ3) is 15.6. The number of hydrogen-bond donors (Lipinski definition) is 3. The van der Waals surface area contributed by atoms with Crippen molar-refractivity contribution in [2.45, 2.75) is 159 Å². The minimum absolute atomic E-state index is 0.0139. The second-order valence-electron chi connectivity index (χ2n) is 21.3. The molecule has 25 nitrogen and oxygen atoms in total. The lowest BCUT2D eigenvalue weighted by Gasteiger charge is -2.42. The number of methoxy groups -OCH3 is 2. The quantitative estimate of drug-likeness (QED) is 0.0336. The van der Waals surface area contributed by atoms with Gasteiger partial charge in [0.1, 0.15) is 46.4 Å². The molecule has 2 aromatic rings. The minimum atomic E-state index is -1.89. The van der Waals surface area contributed by atoms with Crippen LogP contribution in [0.3, 0.4) is 0 Å². The normalized spacial score (nSPS) is 25.9. The molecule has 3 fully saturated rings. The van der Waals surface area contributed by atoms with Gasteiger partial charge in [0, 0.05) is 89.7 Å². The molecule has 28 heteroatoms. The number of benzene rings is 1. The second kappa shape index (κ2) is 26.8. The number of anilines is 1. The van der Waals surface area contributed by atoms with Crippen molar-refractivity contribution in [3.8, 4) is 5.75 Å². The molecular weight excluding hydrogens is 1120 g/mol. The first kappa shape index (κ1) is 63.9. The molecule has 81 heavy (non-hydrogen) atoms. The van der Waals surface area contributed by atoms with Gasteiger partial charge >= 0.3 is 23.7 Å². The molecule has 3 saturated heterocycles. The van der Waals surface area contributed by atoms with Gasteiger partial charge in [-0.1, -0.05) is 63.9 Å². The Bertz CT molecular complexity index is 2910. The Morgan fingerprint density at radius 3 is 2.44 bits per heavy atom. The Labute approximate surface area is 482 Å². The lowest BCUT2D eigenvalue weighted by Crippen LogP contribution is -2.63. The van der Waals surface area contributed by atoms with Crippen LogP contribution in [0.1, 0.15) is 111 Å². The van der Waals surface area contributed by atoms with Gasteiger partial charge in [0.15, 0.2) is 11.5 Å². The van der Waals surface area contributed by atoms with Gasteiger partial charge in [-0.3, -0.25) is 33.9 Å². The molecule has 0 aliphatic carbocycles. The van der Waals surface area contributed by atoms with E-state index >= 15 is 0 Å². The number of halogens is 1. The summed E-state index contributed by atoms with van der Waals surface area (Å²) in [6, 6.07) is 2.41. The van der Waals surface area contributed by atoms with Gasteiger partial charge < -0.3 is 43.4 Å². The highest BCUT2D eigenvalue weighted by Gasteiger charge is 2.64. The van der Waals surface area contributed by atoms with Crippen LogP contribution in [0.5, 0.6) is 5.75 Å². The predicted octanol–water partition coefficient (Wildman–Crippen LogP) is 4.28. The topological polar surface area (TPSA) is 301 Å². The number of esters is 1. The number of aromatic nitrogens is 3. The summed E-state index contributed by atoms with van der Waals surface area (Å²) < 4.78 is 31.2. The van der Waals surface area contributed by atoms with Crippen LogP contribution < -0.4 is 26.1 Å². The first-order valence-corrected chi connectivity index (χ1v) is 28.9. The van der Waals surface area contributed by atoms with E-state index in [0.717, 1.165) is 15.8 Å². The van der Waals surface area contributed by atoms with E-state index in [1.807, 2.05) is 26.8 Å². The van der Waals surface area contributed by atoms with Gasteiger partial charge in [-0.2, -0.15) is 5.10 Å². The fourth-order valence-corrected chi connectivity index (χ4v) is 12.3. The van der Waals surface area contributed by atoms with Gasteiger partial charge in [0.2, 0.25) is 17.7 Å². The van der Waals surface area contributed by atoms with Crippen LogP contribution in [0, 0.1) is 5.92 Å². The van der Waals surface area contributed by atoms with Crippen LogP contribution in [0.2, 0.25) is 5.02 Å². The molecule has 8 atom stereocenters. The number of alkyl carbamates (subject to hydrolysis) is 1. The van der Waals surface area contributed by atoms with Crippen molar-refractivity contribution in [3.63, 3.8) is 0 Å². The summed E-state index contributed by atoms with van der Waals surface area (Å²) in [4.78, 5) is 124. The van der Waals surface area contributed by atoms with E-state index in [2.05, 4.69) is 20.9 Å². The number of carbonyl (C=O) groups is 8. The molecular formula is C53H72ClN9O16S2. The number of imide groups is 1. The number of carbonyl (C=O) groups excluding carboxylic acids is 8. The number of nitrogens with one attached hydrogen (secondary N) is 2. The molecule has 0 saturated carbocycles. The number of fused-ring (bicyclic) bond motifs is 5. The summed E-state index contributed by atoms with van der Waals surface area (Å²) in [5.74, 6) is -3.92. The fraction of sp³-hybridized carbons (Fsp3) is 0.604. The van der Waals surface area contributed by atoms with E-state index in [4.69, 9.17) is 40.1 Å². The van der Waals surface area contributed by atoms with Crippen LogP contribution in [0.4, 0.5) is 10.5 Å². The Hall–Kier alpha value is -6.26. The molecule has 3 N–H and O–H groups in total. The van der Waals surface area contributed by atoms with Crippen molar-refractivity contribution in [1.82, 2.24) is 35.1 Å². The van der Waals surface area contributed by atoms with E-state index in [1.165, 1.54) is 71.2 Å². The number of allylic oxidation sites excluding steroid dienone is 3. The maximum absolute atomic E-state index is 14.4. The number of aryl methyl sites for hydroxylation is 1. The second-order valence-corrected chi connectivity index (χ2v) is 24.8. The molecule has 1 aromatic carbocycles. The van der Waals surface area contributed by atoms with E-state index in [1.54, 1.807) is 52.1 Å². The Kier molecular flexibility index (Phi) is 21.1. The summed E-state index contributed by atoms with van der Waals surface area (Å²) in [5.41, 5.74) is 1.02. The number of aliphatic hydroxyl groups is 1. The third-order valence-corrected chi connectivity index (χ3v) is 18.1. The molecule has 6 amide bonds. The van der Waals surface area contributed by atoms with Crippen LogP contribution in [0.15, 0.2) is 45.8 Å². The SMILES string of the molecule is COc1cc2cc(c1Cl)N(C)C(=O)C[C@H](OC(=O)[C@H](C)N(C)C(=O)CCSSC(C)(C)CC(=O)N/N=C(/C)c1nn(CCCC(=O)ON3C(=O)CCC3=O)c(=O)n1C)C1(C)O[C@H]1[C@H](C)[C@@H]1C[C@@](O)(NC(=O)O1)[C@H](OC)/C=C/C=C(\C)C2. The molecule has 4 aliphatic rings. The highest BCUT2D eigenvalue weighted by molar-refractivity contribution is 8.77. The van der Waals surface area contributed by atoms with E-state index < -0.39 is 99.8 Å². The number of hydroxylamine groups is 2. The van der Waals surface area contributed by atoms with Crippen molar-refractivity contribution in [1.29, 1.82) is 0 Å². The Morgan fingerprint density at radius 1 is 1.09 bits per heavy atom. The average Bonchev–Trinajstić information content (AvgIpc) is 4.15. The Morgan fingerprint density at radius 2 is 1.78 bits per heavy atom. The number of epoxide rings is 1. The van der Waals surface area contributed by atoms with Crippen molar-refractivity contribution >= 4 is 92.2 Å². The molecule has 0 spiro atoms. The number of ether oxygens (including phenoxy) is 5. The lowest BCUT2D eigenvalue weighted by atomic mass is 9.83. The molecule has 5 heterocycles. The number of hydrogen-bond acceptors (Lipinski definition) is 20. The number of amides is 6. The third-order valence-electron chi connectivity index (χ3n) is 14.5. The summed E-state index contributed by atoms with van der Waals surface area (Å²) in [7, 11) is 10.1. The number of nitrogens with zero attached hydrogens (tertiary/aromatic N) is 7. The first-order chi connectivity index (χ1) is 38.0. The molecule has 0 radical (unpaired) electrons. The van der Waals surface area contributed by atoms with Crippen molar-refractivity contribution in [3.05, 3.63) is 62.8 Å². The maximum atomic E-state index is 14.4. The summed E-state index contributed by atoms with van der Waals surface area (Å²) >= 11 is 6.83. The molecule has 6 rings (SSSR count). The zero-order valence-electron chi connectivity index (χ0n) is 47.5. The summed E-state index contributed by atoms with van der Waals surface area (Å²) in [5, 5.41) is 23.4. The number of likely N-dealkylation sites (N-methyl/N-ethyl adjacent to an activating group) is 1. The lowest BCUT2D eigenvalue weighted by molar-refractivity contribution is -0.197. The fourth-order valence-electron chi connectivity index (χ4n) is 9.50. The van der Waals surface area contributed by atoms with Crippen LogP contribution >= 0.6 is 33.2 Å². The summed E-state index contributed by atoms with van der Waals surface area (Å²) in [6.07, 6.45) is 0.242. The molecule has 1 unspecified atom stereocenters. The van der Waals surface area contributed by atoms with Gasteiger partial charge in [-0.05, 0) is 72.1 Å². The van der Waals surface area contributed by atoms with Gasteiger partial charge in [-0.15, -0.1) is 10.2 Å². The van der Waals surface area contributed by atoms with Gasteiger partial charge in [-0.25, -0.2) is 29.3 Å². The highest BCUT2D eigenvalue weighted by atomic mass is 35.5. The molecule has 4 bridgehead atoms. The van der Waals surface area contributed by atoms with Crippen molar-refractivity contribution < 1.29 is 72.0 Å². The number of hydrazone groups is 1. The van der Waals surface area contributed by atoms with Crippen molar-refractivity contribution in [2.75, 3.05) is 39.0 Å². The molecule has 1 aromatic heterocycles. The van der Waals surface area contributed by atoms with Crippen LogP contribution in [-0.2, 0) is 77.4 Å². The standard InChI is InChI=1S/C53H72ClN9O16S2/c1-29-15-13-16-37(75-12)53(73)27-36(76-49(71)55-53)30(2)46-52(7,78-46)38(26-43(68)60(9)34-24-33(23-29)25-35(74-11)45(34)54)77-48(70)32(4)59(8)40(65)20-22-80-81-51(5,6)28-39(64)57-56-31(3)47-58-62(50(72)61(47)10)21-14-17-44(69)79-63-41(66)18-19-42(63)67/h13,15-16,24-25,30,32,36-38,46,73H,14,17-23,26-28H2,1-12H3,(H,55,71)(H,57,64)/b16-13+,29-15+,56-31-/t30-,32+,36+,37-,38+,46+,52?,53+/m1/s1. The van der Waals surface area contributed by atoms with Crippen LogP contribution in [-0.4, -0.2) is 163 Å². The minimum Gasteiger partial charge on any atom is -0.495 e. The average molecular weight is 1190 g/mol. The van der Waals surface area contributed by atoms with E-state index in [0.29, 0.717) is 28.7 Å². The first-order valence-electron chi connectivity index (χ1n) is 26.2. The van der Waals surface area contributed by atoms with E-state index in [9.17, 15) is 48.3 Å². The van der Waals surface area contributed by atoms with Crippen LogP contribution in [0.25, 0.3) is 0 Å². The zero-order chi connectivity index (χ0) is 59.9. The van der Waals surface area contributed by atoms with Crippen molar-refractivity contribution in [2.24, 2.45) is 18.1 Å². The zero-order valence-corrected chi connectivity index (χ0v) is 49.9. The predicted molar refractivity (Wildman–Crippen MR) is 299 cm³/mol. The number of rotatable bonds is 19. The largest absolute Gasteiger partial charge is 0.495 e. The highest BCUT2D eigenvalue weighted by Crippen LogP contribution is 2.49. The smallest absolute Gasteiger partial charge is 0.409 e. The molecule has 444 valence electrons. The molecule has 4 aliphatic heterocycles. The Balaban J connectivity index is 1.05. The van der Waals surface area contributed by atoms with E-state index in [-0.39, 0.29) is 80.4 Å². The summed E-state index contributed by atoms with van der Waals surface area (Å²) in [6.45, 7) is 12.1. The van der Waals surface area contributed by atoms with Gasteiger partial charge in [0.05, 0.1) is 25.3 Å². The van der Waals surface area contributed by atoms with Gasteiger partial charge in [0.25, 0.3) is 11.8 Å².